The van der Waals surface area contributed by atoms with E-state index >= 15 is 0 Å². The number of halogens is 1. The Morgan fingerprint density at radius 1 is 1.16 bits per heavy atom. The second-order valence-electron chi connectivity index (χ2n) is 8.77. The fourth-order valence-electron chi connectivity index (χ4n) is 3.25. The molecule has 10 heteroatoms. The number of methoxy groups -OCH3 is 1. The summed E-state index contributed by atoms with van der Waals surface area (Å²) in [6, 6.07) is 3.08. The topological polar surface area (TPSA) is 99.8 Å². The normalized spacial score (nSPS) is 15.8. The van der Waals surface area contributed by atoms with Crippen LogP contribution in [0.1, 0.15) is 56.0 Å². The third-order valence-corrected chi connectivity index (χ3v) is 7.91. The van der Waals surface area contributed by atoms with Gasteiger partial charge in [0.25, 0.3) is 0 Å². The van der Waals surface area contributed by atoms with Crippen molar-refractivity contribution in [3.63, 3.8) is 0 Å². The molecule has 0 spiro atoms. The molecule has 2 aromatic rings. The highest BCUT2D eigenvalue weighted by Gasteiger charge is 2.30. The molecule has 1 aliphatic heterocycles. The highest BCUT2D eigenvalue weighted by Crippen LogP contribution is 2.40. The van der Waals surface area contributed by atoms with Crippen LogP contribution in [0.15, 0.2) is 22.7 Å². The summed E-state index contributed by atoms with van der Waals surface area (Å²) >= 11 is 6.60. The van der Waals surface area contributed by atoms with E-state index in [0.717, 1.165) is 19.3 Å². The molecule has 0 amide bonds. The average molecular weight is 482 g/mol. The maximum absolute atomic E-state index is 13.4. The summed E-state index contributed by atoms with van der Waals surface area (Å²) in [6.45, 7) is 5.15. The van der Waals surface area contributed by atoms with Crippen LogP contribution in [0.4, 0.5) is 5.69 Å². The van der Waals surface area contributed by atoms with Gasteiger partial charge in [0, 0.05) is 24.1 Å². The zero-order chi connectivity index (χ0) is 23.7. The summed E-state index contributed by atoms with van der Waals surface area (Å²) in [5.74, 6) is 0.350. The van der Waals surface area contributed by atoms with Crippen molar-refractivity contribution in [2.45, 2.75) is 40.0 Å². The number of hydrogen-bond donors (Lipinski definition) is 0. The van der Waals surface area contributed by atoms with Gasteiger partial charge in [-0.3, -0.25) is 9.59 Å². The zero-order valence-corrected chi connectivity index (χ0v) is 20.5. The summed E-state index contributed by atoms with van der Waals surface area (Å²) in [5.41, 5.74) is -0.348. The Balaban J connectivity index is 2.07. The van der Waals surface area contributed by atoms with Crippen LogP contribution >= 0.6 is 11.6 Å². The largest absolute Gasteiger partial charge is 0.494 e. The number of aromatic nitrogens is 2. The summed E-state index contributed by atoms with van der Waals surface area (Å²) < 4.78 is 29.8. The van der Waals surface area contributed by atoms with Gasteiger partial charge in [0.1, 0.15) is 17.0 Å². The van der Waals surface area contributed by atoms with Crippen LogP contribution in [0.2, 0.25) is 5.02 Å². The highest BCUT2D eigenvalue weighted by molar-refractivity contribution is 7.93. The van der Waals surface area contributed by atoms with Gasteiger partial charge in [-0.15, -0.1) is 0 Å². The number of ether oxygens (including phenoxy) is 2. The number of aryl methyl sites for hydroxylation is 1. The van der Waals surface area contributed by atoms with E-state index in [1.54, 1.807) is 33.9 Å². The van der Waals surface area contributed by atoms with E-state index in [2.05, 4.69) is 9.46 Å². The van der Waals surface area contributed by atoms with E-state index in [1.807, 2.05) is 0 Å². The number of rotatable bonds is 5. The van der Waals surface area contributed by atoms with Crippen LogP contribution in [0, 0.1) is 5.41 Å². The first-order valence-electron chi connectivity index (χ1n) is 10.3. The van der Waals surface area contributed by atoms with Crippen molar-refractivity contribution in [1.82, 2.24) is 9.78 Å². The lowest BCUT2D eigenvalue weighted by Crippen LogP contribution is -2.27. The minimum Gasteiger partial charge on any atom is -0.494 e. The molecule has 0 radical (unpaired) electrons. The van der Waals surface area contributed by atoms with Crippen LogP contribution < -0.4 is 9.47 Å². The molecular weight excluding hydrogens is 454 g/mol. The molecule has 1 aromatic carbocycles. The lowest BCUT2D eigenvalue weighted by Gasteiger charge is -2.18. The van der Waals surface area contributed by atoms with Gasteiger partial charge in [-0.1, -0.05) is 18.0 Å². The molecule has 1 aromatic heterocycles. The van der Waals surface area contributed by atoms with Gasteiger partial charge in [-0.2, -0.15) is 9.46 Å². The van der Waals surface area contributed by atoms with E-state index in [9.17, 15) is 13.8 Å². The predicted molar refractivity (Wildman–Crippen MR) is 124 cm³/mol. The van der Waals surface area contributed by atoms with E-state index in [-0.39, 0.29) is 27.7 Å². The Bertz CT molecular complexity index is 1160. The lowest BCUT2D eigenvalue weighted by atomic mass is 9.97. The number of esters is 1. The van der Waals surface area contributed by atoms with Gasteiger partial charge in [0.15, 0.2) is 0 Å². The number of ketones is 1. The Kier molecular flexibility index (Phi) is 7.00. The molecule has 0 unspecified atom stereocenters. The van der Waals surface area contributed by atoms with Gasteiger partial charge >= 0.3 is 5.97 Å². The molecule has 1 aliphatic rings. The van der Waals surface area contributed by atoms with Gasteiger partial charge in [0.2, 0.25) is 11.7 Å². The second-order valence-corrected chi connectivity index (χ2v) is 11.7. The quantitative estimate of drug-likeness (QED) is 0.458. The van der Waals surface area contributed by atoms with Gasteiger partial charge in [0.05, 0.1) is 33.5 Å². The van der Waals surface area contributed by atoms with Crippen molar-refractivity contribution in [3.05, 3.63) is 34.5 Å². The number of benzene rings is 1. The van der Waals surface area contributed by atoms with E-state index in [1.165, 1.54) is 24.1 Å². The summed E-state index contributed by atoms with van der Waals surface area (Å²) in [5, 5.41) is 4.11. The Morgan fingerprint density at radius 2 is 1.81 bits per heavy atom. The first-order chi connectivity index (χ1) is 15.0. The molecule has 0 bridgehead atoms. The third kappa shape index (κ3) is 4.99. The fraction of sp³-hybridized carbons (Fsp3) is 0.500. The Morgan fingerprint density at radius 3 is 2.41 bits per heavy atom. The summed E-state index contributed by atoms with van der Waals surface area (Å²) in [4.78, 5) is 25.8. The van der Waals surface area contributed by atoms with Crippen molar-refractivity contribution in [3.8, 4) is 11.6 Å². The molecule has 0 saturated carbocycles. The number of carbonyl (C=O) groups excluding carboxylic acids is 2. The molecule has 32 heavy (non-hydrogen) atoms. The first kappa shape index (κ1) is 24.3. The zero-order valence-electron chi connectivity index (χ0n) is 18.9. The molecule has 0 N–H and O–H groups in total. The lowest BCUT2D eigenvalue weighted by molar-refractivity contribution is -0.143. The van der Waals surface area contributed by atoms with Crippen LogP contribution in [0.5, 0.6) is 11.6 Å². The van der Waals surface area contributed by atoms with Crippen LogP contribution in [0.3, 0.4) is 0 Å². The van der Waals surface area contributed by atoms with Crippen molar-refractivity contribution in [1.29, 1.82) is 0 Å². The minimum atomic E-state index is -2.48. The predicted octanol–water partition coefficient (Wildman–Crippen LogP) is 4.55. The Labute approximate surface area is 193 Å². The molecule has 174 valence electrons. The SMILES string of the molecule is COc1ccc(C(=O)c2cnn(C)c2OC(=O)C(C)(C)C)c(Cl)c1N=S1(=O)CCCCC1. The van der Waals surface area contributed by atoms with Crippen LogP contribution in [-0.2, 0) is 21.6 Å². The molecule has 3 rings (SSSR count). The molecular formula is C22H28ClN3O5S. The van der Waals surface area contributed by atoms with E-state index < -0.39 is 26.9 Å². The summed E-state index contributed by atoms with van der Waals surface area (Å²) in [7, 11) is 0.560. The standard InChI is InChI=1S/C22H28ClN3O5S/c1-22(2,3)21(28)31-20-15(13-24-26(20)4)19(27)14-9-10-16(30-5)18(17(14)23)25-32(29)11-7-6-8-12-32/h9-10,13H,6-8,11-12H2,1-5H3. The van der Waals surface area contributed by atoms with Crippen molar-refractivity contribution in [2.24, 2.45) is 16.8 Å². The number of nitrogens with zero attached hydrogens (tertiary/aromatic N) is 3. The average Bonchev–Trinajstić information content (AvgIpc) is 3.09. The van der Waals surface area contributed by atoms with Gasteiger partial charge in [-0.25, -0.2) is 8.89 Å². The Hall–Kier alpha value is -2.39. The summed E-state index contributed by atoms with van der Waals surface area (Å²) in [6.07, 6.45) is 4.01. The third-order valence-electron chi connectivity index (χ3n) is 5.16. The van der Waals surface area contributed by atoms with E-state index in [4.69, 9.17) is 21.1 Å². The molecule has 0 aliphatic carbocycles. The highest BCUT2D eigenvalue weighted by atomic mass is 35.5. The monoisotopic (exact) mass is 481 g/mol. The minimum absolute atomic E-state index is 0.0264. The second kappa shape index (κ2) is 9.23. The number of hydrogen-bond acceptors (Lipinski definition) is 7. The molecule has 1 saturated heterocycles. The van der Waals surface area contributed by atoms with Crippen LogP contribution in [0.25, 0.3) is 0 Å². The maximum atomic E-state index is 13.4. The van der Waals surface area contributed by atoms with Crippen molar-refractivity contribution >= 4 is 38.8 Å². The first-order valence-corrected chi connectivity index (χ1v) is 12.6. The van der Waals surface area contributed by atoms with Crippen molar-refractivity contribution in [2.75, 3.05) is 18.6 Å². The molecule has 0 atom stereocenters. The van der Waals surface area contributed by atoms with Gasteiger partial charge in [-0.05, 0) is 45.7 Å². The fourth-order valence-corrected chi connectivity index (χ4v) is 5.80. The smallest absolute Gasteiger partial charge is 0.317 e. The number of carbonyl (C=O) groups is 2. The van der Waals surface area contributed by atoms with Crippen molar-refractivity contribution < 1.29 is 23.3 Å². The molecule has 1 fully saturated rings. The molecule has 2 heterocycles. The van der Waals surface area contributed by atoms with Gasteiger partial charge < -0.3 is 9.47 Å². The molecule has 8 nitrogen and oxygen atoms in total. The van der Waals surface area contributed by atoms with Crippen LogP contribution in [-0.4, -0.2) is 44.4 Å². The van der Waals surface area contributed by atoms with E-state index in [0.29, 0.717) is 17.3 Å². The maximum Gasteiger partial charge on any atom is 0.317 e.